The maximum absolute atomic E-state index is 12.4. The zero-order chi connectivity index (χ0) is 18.1. The molecule has 25 heavy (non-hydrogen) atoms. The van der Waals surface area contributed by atoms with E-state index in [0.717, 1.165) is 12.0 Å². The van der Waals surface area contributed by atoms with Crippen molar-refractivity contribution in [3.05, 3.63) is 35.4 Å². The molecule has 2 aliphatic heterocycles. The smallest absolute Gasteiger partial charge is 0.392 e. The summed E-state index contributed by atoms with van der Waals surface area (Å²) in [6, 6.07) is 6.43. The second kappa shape index (κ2) is 6.96. The van der Waals surface area contributed by atoms with E-state index in [9.17, 15) is 23.1 Å². The highest BCUT2D eigenvalue weighted by atomic mass is 19.4. The molecule has 2 atom stereocenters. The van der Waals surface area contributed by atoms with Gasteiger partial charge in [0.15, 0.2) is 0 Å². The number of likely N-dealkylation sites (tertiary alicyclic amines) is 1. The molecule has 3 rings (SSSR count). The van der Waals surface area contributed by atoms with Crippen molar-refractivity contribution in [2.45, 2.75) is 44.5 Å². The number of hydrogen-bond donors (Lipinski definition) is 2. The van der Waals surface area contributed by atoms with Crippen molar-refractivity contribution >= 4 is 5.91 Å². The van der Waals surface area contributed by atoms with Crippen LogP contribution in [0.3, 0.4) is 0 Å². The summed E-state index contributed by atoms with van der Waals surface area (Å²) in [5.41, 5.74) is 0.398. The van der Waals surface area contributed by atoms with Gasteiger partial charge in [-0.05, 0) is 30.4 Å². The summed E-state index contributed by atoms with van der Waals surface area (Å²) < 4.78 is 37.3. The zero-order valence-electron chi connectivity index (χ0n) is 14.0. The zero-order valence-corrected chi connectivity index (χ0v) is 14.0. The largest absolute Gasteiger partial charge is 0.393 e. The molecular formula is C18H23F3N2O2. The Kier molecular flexibility index (Phi) is 5.06. The molecule has 2 N–H and O–H groups in total. The van der Waals surface area contributed by atoms with E-state index >= 15 is 0 Å². The van der Waals surface area contributed by atoms with E-state index < -0.39 is 24.1 Å². The van der Waals surface area contributed by atoms with Gasteiger partial charge in [-0.3, -0.25) is 9.69 Å². The van der Waals surface area contributed by atoms with Crippen LogP contribution in [0, 0.1) is 5.41 Å². The molecule has 0 radical (unpaired) electrons. The second-order valence-corrected chi connectivity index (χ2v) is 7.14. The SMILES string of the molecule is O=C1NCCC[C@]12CN(Cc1ccc(CC(F)(F)F)cc1)CC[C@H]2O. The number of hydrogen-bond acceptors (Lipinski definition) is 3. The van der Waals surface area contributed by atoms with E-state index in [1.54, 1.807) is 12.1 Å². The molecule has 0 aliphatic carbocycles. The quantitative estimate of drug-likeness (QED) is 0.874. The number of nitrogens with zero attached hydrogens (tertiary/aromatic N) is 1. The van der Waals surface area contributed by atoms with E-state index in [-0.39, 0.29) is 11.5 Å². The molecule has 138 valence electrons. The van der Waals surface area contributed by atoms with Gasteiger partial charge >= 0.3 is 6.18 Å². The fraction of sp³-hybridized carbons (Fsp3) is 0.611. The number of aliphatic hydroxyl groups is 1. The van der Waals surface area contributed by atoms with Crippen molar-refractivity contribution in [2.75, 3.05) is 19.6 Å². The Bertz CT molecular complexity index is 618. The minimum atomic E-state index is -4.20. The summed E-state index contributed by atoms with van der Waals surface area (Å²) in [4.78, 5) is 14.5. The average Bonchev–Trinajstić information content (AvgIpc) is 2.54. The number of carbonyl (C=O) groups is 1. The van der Waals surface area contributed by atoms with Crippen molar-refractivity contribution in [3.63, 3.8) is 0 Å². The standard InChI is InChI=1S/C18H23F3N2O2/c19-18(20,21)10-13-2-4-14(5-3-13)11-23-9-6-15(24)17(12-23)7-1-8-22-16(17)25/h2-5,15,24H,1,6-12H2,(H,22,25)/t15-,17-/m1/s1. The van der Waals surface area contributed by atoms with E-state index in [4.69, 9.17) is 0 Å². The Morgan fingerprint density at radius 3 is 2.56 bits per heavy atom. The number of halogens is 3. The summed E-state index contributed by atoms with van der Waals surface area (Å²) >= 11 is 0. The van der Waals surface area contributed by atoms with E-state index in [1.165, 1.54) is 12.1 Å². The van der Waals surface area contributed by atoms with Crippen molar-refractivity contribution in [3.8, 4) is 0 Å². The van der Waals surface area contributed by atoms with E-state index in [2.05, 4.69) is 10.2 Å². The molecule has 1 aromatic carbocycles. The van der Waals surface area contributed by atoms with Gasteiger partial charge in [-0.25, -0.2) is 0 Å². The molecule has 7 heteroatoms. The first-order valence-corrected chi connectivity index (χ1v) is 8.62. The number of carbonyl (C=O) groups excluding carboxylic acids is 1. The summed E-state index contributed by atoms with van der Waals surface area (Å²) in [7, 11) is 0. The minimum absolute atomic E-state index is 0.0866. The third-order valence-corrected chi connectivity index (χ3v) is 5.23. The van der Waals surface area contributed by atoms with Crippen molar-refractivity contribution in [2.24, 2.45) is 5.41 Å². The maximum Gasteiger partial charge on any atom is 0.393 e. The van der Waals surface area contributed by atoms with Crippen molar-refractivity contribution in [1.82, 2.24) is 10.2 Å². The van der Waals surface area contributed by atoms with Crippen LogP contribution in [0.25, 0.3) is 0 Å². The van der Waals surface area contributed by atoms with Crippen LogP contribution in [0.5, 0.6) is 0 Å². The average molecular weight is 356 g/mol. The molecule has 0 aromatic heterocycles. The first-order chi connectivity index (χ1) is 11.8. The Balaban J connectivity index is 1.66. The maximum atomic E-state index is 12.4. The Morgan fingerprint density at radius 1 is 1.24 bits per heavy atom. The number of aliphatic hydroxyl groups excluding tert-OH is 1. The van der Waals surface area contributed by atoms with Crippen LogP contribution in [0.15, 0.2) is 24.3 Å². The van der Waals surface area contributed by atoms with Gasteiger partial charge in [-0.2, -0.15) is 13.2 Å². The fourth-order valence-corrected chi connectivity index (χ4v) is 3.92. The van der Waals surface area contributed by atoms with Gasteiger partial charge in [-0.15, -0.1) is 0 Å². The van der Waals surface area contributed by atoms with E-state index in [1.807, 2.05) is 0 Å². The van der Waals surface area contributed by atoms with Gasteiger partial charge < -0.3 is 10.4 Å². The Hall–Kier alpha value is -1.60. The van der Waals surface area contributed by atoms with Gasteiger partial charge in [0.05, 0.1) is 17.9 Å². The summed E-state index contributed by atoms with van der Waals surface area (Å²) in [6.45, 7) is 2.35. The third-order valence-electron chi connectivity index (χ3n) is 5.23. The number of rotatable bonds is 3. The van der Waals surface area contributed by atoms with Crippen LogP contribution < -0.4 is 5.32 Å². The number of nitrogens with one attached hydrogen (secondary N) is 1. The molecule has 2 saturated heterocycles. The molecule has 4 nitrogen and oxygen atoms in total. The lowest BCUT2D eigenvalue weighted by Gasteiger charge is -2.47. The monoisotopic (exact) mass is 356 g/mol. The second-order valence-electron chi connectivity index (χ2n) is 7.14. The lowest BCUT2D eigenvalue weighted by Crippen LogP contribution is -2.61. The number of piperidine rings is 2. The molecule has 1 spiro atoms. The molecule has 0 unspecified atom stereocenters. The molecule has 2 aliphatic rings. The normalized spacial score (nSPS) is 28.2. The van der Waals surface area contributed by atoms with E-state index in [0.29, 0.717) is 39.0 Å². The van der Waals surface area contributed by atoms with Gasteiger partial charge in [-0.1, -0.05) is 24.3 Å². The van der Waals surface area contributed by atoms with Gasteiger partial charge in [0.1, 0.15) is 0 Å². The van der Waals surface area contributed by atoms with Gasteiger partial charge in [0, 0.05) is 26.2 Å². The highest BCUT2D eigenvalue weighted by Gasteiger charge is 2.49. The van der Waals surface area contributed by atoms with Crippen LogP contribution in [-0.2, 0) is 17.8 Å². The van der Waals surface area contributed by atoms with Crippen LogP contribution >= 0.6 is 0 Å². The van der Waals surface area contributed by atoms with Gasteiger partial charge in [0.25, 0.3) is 0 Å². The predicted molar refractivity (Wildman–Crippen MR) is 86.8 cm³/mol. The number of benzene rings is 1. The summed E-state index contributed by atoms with van der Waals surface area (Å²) in [6.07, 6.45) is -3.72. The highest BCUT2D eigenvalue weighted by molar-refractivity contribution is 5.84. The van der Waals surface area contributed by atoms with Crippen LogP contribution in [0.2, 0.25) is 0 Å². The number of amides is 1. The molecule has 1 amide bonds. The fourth-order valence-electron chi connectivity index (χ4n) is 3.92. The lowest BCUT2D eigenvalue weighted by molar-refractivity contribution is -0.149. The number of alkyl halides is 3. The third kappa shape index (κ3) is 4.15. The lowest BCUT2D eigenvalue weighted by atomic mass is 9.71. The Labute approximate surface area is 145 Å². The van der Waals surface area contributed by atoms with Crippen molar-refractivity contribution < 1.29 is 23.1 Å². The summed E-state index contributed by atoms with van der Waals surface area (Å²) in [5.74, 6) is -0.0866. The topological polar surface area (TPSA) is 52.6 Å². The minimum Gasteiger partial charge on any atom is -0.392 e. The van der Waals surface area contributed by atoms with Crippen molar-refractivity contribution in [1.29, 1.82) is 0 Å². The first kappa shape index (κ1) is 18.2. The molecule has 2 fully saturated rings. The molecule has 0 saturated carbocycles. The predicted octanol–water partition coefficient (Wildman–Crippen LogP) is 2.25. The molecule has 2 heterocycles. The Morgan fingerprint density at radius 2 is 1.92 bits per heavy atom. The molecule has 0 bridgehead atoms. The molecular weight excluding hydrogens is 333 g/mol. The first-order valence-electron chi connectivity index (χ1n) is 8.62. The van der Waals surface area contributed by atoms with Gasteiger partial charge in [0.2, 0.25) is 5.91 Å². The van der Waals surface area contributed by atoms with Crippen LogP contribution in [0.1, 0.15) is 30.4 Å². The molecule has 1 aromatic rings. The summed E-state index contributed by atoms with van der Waals surface area (Å²) in [5, 5.41) is 13.2. The van der Waals surface area contributed by atoms with Crippen LogP contribution in [0.4, 0.5) is 13.2 Å². The highest BCUT2D eigenvalue weighted by Crippen LogP contribution is 2.37. The van der Waals surface area contributed by atoms with Crippen LogP contribution in [-0.4, -0.2) is 47.8 Å².